The Morgan fingerprint density at radius 2 is 1.95 bits per heavy atom. The maximum absolute atomic E-state index is 11.5. The summed E-state index contributed by atoms with van der Waals surface area (Å²) >= 11 is 0. The molecular weight excluding hydrogens is 294 g/mol. The summed E-state index contributed by atoms with van der Waals surface area (Å²) in [4.78, 5) is 13.7. The molecule has 5 nitrogen and oxygen atoms in total. The van der Waals surface area contributed by atoms with Gasteiger partial charge in [0, 0.05) is 13.1 Å². The van der Waals surface area contributed by atoms with E-state index in [4.69, 9.17) is 9.47 Å². The number of carboxylic acids is 1. The first-order chi connectivity index (χ1) is 9.70. The van der Waals surface area contributed by atoms with Crippen LogP contribution in [-0.4, -0.2) is 55.9 Å². The first-order valence-electron chi connectivity index (χ1n) is 6.87. The van der Waals surface area contributed by atoms with E-state index in [0.29, 0.717) is 6.42 Å². The van der Waals surface area contributed by atoms with E-state index in [-0.39, 0.29) is 12.4 Å². The highest BCUT2D eigenvalue weighted by molar-refractivity contribution is 5.85. The van der Waals surface area contributed by atoms with Crippen molar-refractivity contribution in [2.75, 3.05) is 40.0 Å². The number of nitrogens with zero attached hydrogens (tertiary/aromatic N) is 1. The lowest BCUT2D eigenvalue weighted by Gasteiger charge is -2.27. The Morgan fingerprint density at radius 1 is 1.33 bits per heavy atom. The highest BCUT2D eigenvalue weighted by Gasteiger charge is 2.21. The molecule has 1 heterocycles. The Kier molecular flexibility index (Phi) is 7.50. The monoisotopic (exact) mass is 315 g/mol. The van der Waals surface area contributed by atoms with Crippen LogP contribution in [0.1, 0.15) is 17.9 Å². The van der Waals surface area contributed by atoms with Crippen LogP contribution in [0.25, 0.3) is 0 Å². The fourth-order valence-electron chi connectivity index (χ4n) is 2.41. The van der Waals surface area contributed by atoms with Crippen LogP contribution in [0, 0.1) is 0 Å². The number of methoxy groups -OCH3 is 1. The number of ether oxygens (including phenoxy) is 2. The van der Waals surface area contributed by atoms with Crippen LogP contribution >= 0.6 is 12.4 Å². The highest BCUT2D eigenvalue weighted by atomic mass is 35.5. The Bertz CT molecular complexity index is 432. The van der Waals surface area contributed by atoms with Gasteiger partial charge < -0.3 is 14.6 Å². The van der Waals surface area contributed by atoms with E-state index in [1.54, 1.807) is 19.2 Å². The van der Waals surface area contributed by atoms with Gasteiger partial charge in [0.1, 0.15) is 5.75 Å². The number of carbonyl (C=O) groups is 1. The minimum atomic E-state index is -0.775. The largest absolute Gasteiger partial charge is 0.497 e. The molecule has 2 rings (SSSR count). The molecule has 0 aliphatic carbocycles. The molecule has 1 aliphatic rings. The summed E-state index contributed by atoms with van der Waals surface area (Å²) < 4.78 is 10.4. The predicted molar refractivity (Wildman–Crippen MR) is 82.5 cm³/mol. The van der Waals surface area contributed by atoms with Gasteiger partial charge in [0.05, 0.1) is 26.2 Å². The summed E-state index contributed by atoms with van der Waals surface area (Å²) in [7, 11) is 1.60. The molecule has 0 amide bonds. The molecule has 1 atom stereocenters. The molecule has 0 spiro atoms. The second-order valence-electron chi connectivity index (χ2n) is 4.91. The second kappa shape index (κ2) is 8.87. The van der Waals surface area contributed by atoms with Gasteiger partial charge in [0.15, 0.2) is 0 Å². The van der Waals surface area contributed by atoms with Crippen molar-refractivity contribution in [1.82, 2.24) is 4.90 Å². The van der Waals surface area contributed by atoms with Gasteiger partial charge in [-0.15, -0.1) is 12.4 Å². The molecule has 1 aromatic rings. The summed E-state index contributed by atoms with van der Waals surface area (Å²) in [5, 5.41) is 9.41. The maximum Gasteiger partial charge on any atom is 0.311 e. The normalized spacial score (nSPS) is 16.8. The van der Waals surface area contributed by atoms with E-state index in [1.807, 2.05) is 12.1 Å². The quantitative estimate of drug-likeness (QED) is 0.870. The van der Waals surface area contributed by atoms with Crippen LogP contribution in [-0.2, 0) is 9.53 Å². The summed E-state index contributed by atoms with van der Waals surface area (Å²) in [6.07, 6.45) is 0.613. The first kappa shape index (κ1) is 17.8. The number of benzene rings is 1. The van der Waals surface area contributed by atoms with Crippen LogP contribution in [0.2, 0.25) is 0 Å². The first-order valence-corrected chi connectivity index (χ1v) is 6.87. The molecule has 21 heavy (non-hydrogen) atoms. The number of morpholine rings is 1. The van der Waals surface area contributed by atoms with Gasteiger partial charge in [-0.3, -0.25) is 9.69 Å². The van der Waals surface area contributed by atoms with Crippen molar-refractivity contribution in [3.8, 4) is 5.75 Å². The van der Waals surface area contributed by atoms with Gasteiger partial charge in [0.25, 0.3) is 0 Å². The molecule has 0 bridgehead atoms. The minimum absolute atomic E-state index is 0. The van der Waals surface area contributed by atoms with Gasteiger partial charge >= 0.3 is 5.97 Å². The van der Waals surface area contributed by atoms with Gasteiger partial charge in [-0.2, -0.15) is 0 Å². The average Bonchev–Trinajstić information content (AvgIpc) is 2.49. The van der Waals surface area contributed by atoms with E-state index < -0.39 is 11.9 Å². The lowest BCUT2D eigenvalue weighted by atomic mass is 9.95. The van der Waals surface area contributed by atoms with Crippen molar-refractivity contribution in [1.29, 1.82) is 0 Å². The third-order valence-corrected chi connectivity index (χ3v) is 3.65. The van der Waals surface area contributed by atoms with Crippen LogP contribution in [0.15, 0.2) is 24.3 Å². The SMILES string of the molecule is COc1ccc(C(CCN2CCOCC2)C(=O)O)cc1.Cl. The molecule has 6 heteroatoms. The second-order valence-corrected chi connectivity index (χ2v) is 4.91. The summed E-state index contributed by atoms with van der Waals surface area (Å²) in [6, 6.07) is 7.27. The fraction of sp³-hybridized carbons (Fsp3) is 0.533. The zero-order valence-corrected chi connectivity index (χ0v) is 13.0. The molecule has 0 radical (unpaired) electrons. The molecule has 0 saturated carbocycles. The van der Waals surface area contributed by atoms with Crippen molar-refractivity contribution in [2.24, 2.45) is 0 Å². The molecule has 1 aliphatic heterocycles. The van der Waals surface area contributed by atoms with Crippen LogP contribution in [0.5, 0.6) is 5.75 Å². The Morgan fingerprint density at radius 3 is 2.48 bits per heavy atom. The summed E-state index contributed by atoms with van der Waals surface area (Å²) in [5.41, 5.74) is 0.826. The predicted octanol–water partition coefficient (Wildman–Crippen LogP) is 2.01. The standard InChI is InChI=1S/C15H21NO4.ClH/c1-19-13-4-2-12(3-5-13)14(15(17)18)6-7-16-8-10-20-11-9-16;/h2-5,14H,6-11H2,1H3,(H,17,18);1H. The van der Waals surface area contributed by atoms with Crippen molar-refractivity contribution >= 4 is 18.4 Å². The van der Waals surface area contributed by atoms with E-state index in [2.05, 4.69) is 4.90 Å². The molecule has 1 N–H and O–H groups in total. The van der Waals surface area contributed by atoms with E-state index in [9.17, 15) is 9.90 Å². The average molecular weight is 316 g/mol. The topological polar surface area (TPSA) is 59.0 Å². The Hall–Kier alpha value is -1.30. The number of rotatable bonds is 6. The maximum atomic E-state index is 11.5. The van der Waals surface area contributed by atoms with E-state index in [0.717, 1.165) is 44.2 Å². The Labute approximate surface area is 131 Å². The lowest BCUT2D eigenvalue weighted by molar-refractivity contribution is -0.139. The molecule has 0 aromatic heterocycles. The van der Waals surface area contributed by atoms with E-state index >= 15 is 0 Å². The zero-order valence-electron chi connectivity index (χ0n) is 12.2. The van der Waals surface area contributed by atoms with E-state index in [1.165, 1.54) is 0 Å². The number of aliphatic carboxylic acids is 1. The minimum Gasteiger partial charge on any atom is -0.497 e. The van der Waals surface area contributed by atoms with Gasteiger partial charge in [-0.1, -0.05) is 12.1 Å². The molecule has 1 aromatic carbocycles. The number of hydrogen-bond acceptors (Lipinski definition) is 4. The summed E-state index contributed by atoms with van der Waals surface area (Å²) in [5.74, 6) is -0.502. The van der Waals surface area contributed by atoms with Crippen LogP contribution in [0.3, 0.4) is 0 Å². The zero-order chi connectivity index (χ0) is 14.4. The van der Waals surface area contributed by atoms with Gasteiger partial charge in [-0.25, -0.2) is 0 Å². The fourth-order valence-corrected chi connectivity index (χ4v) is 2.41. The lowest BCUT2D eigenvalue weighted by Crippen LogP contribution is -2.37. The van der Waals surface area contributed by atoms with Gasteiger partial charge in [-0.05, 0) is 30.7 Å². The molecule has 1 saturated heterocycles. The number of halogens is 1. The van der Waals surface area contributed by atoms with Gasteiger partial charge in [0.2, 0.25) is 0 Å². The summed E-state index contributed by atoms with van der Waals surface area (Å²) in [6.45, 7) is 4.02. The molecule has 1 unspecified atom stereocenters. The molecule has 118 valence electrons. The Balaban J connectivity index is 0.00000220. The van der Waals surface area contributed by atoms with Crippen molar-refractivity contribution in [3.63, 3.8) is 0 Å². The van der Waals surface area contributed by atoms with Crippen molar-refractivity contribution in [2.45, 2.75) is 12.3 Å². The number of hydrogen-bond donors (Lipinski definition) is 1. The number of carboxylic acid groups (broad SMARTS) is 1. The molecule has 1 fully saturated rings. The van der Waals surface area contributed by atoms with Crippen molar-refractivity contribution in [3.05, 3.63) is 29.8 Å². The third kappa shape index (κ3) is 5.19. The highest BCUT2D eigenvalue weighted by Crippen LogP contribution is 2.23. The van der Waals surface area contributed by atoms with Crippen molar-refractivity contribution < 1.29 is 19.4 Å². The third-order valence-electron chi connectivity index (χ3n) is 3.65. The van der Waals surface area contributed by atoms with Crippen LogP contribution in [0.4, 0.5) is 0 Å². The van der Waals surface area contributed by atoms with Crippen LogP contribution < -0.4 is 4.74 Å². The molecular formula is C15H22ClNO4. The smallest absolute Gasteiger partial charge is 0.311 e.